The highest BCUT2D eigenvalue weighted by Gasteiger charge is 2.48. The molecule has 2 aromatic carbocycles. The van der Waals surface area contributed by atoms with Gasteiger partial charge in [-0.05, 0) is 54.3 Å². The van der Waals surface area contributed by atoms with Crippen molar-refractivity contribution in [2.24, 2.45) is 5.92 Å². The molecular weight excluding hydrogens is 508 g/mol. The molecule has 3 heterocycles. The van der Waals surface area contributed by atoms with Crippen molar-refractivity contribution in [3.05, 3.63) is 65.9 Å². The van der Waals surface area contributed by atoms with Crippen LogP contribution in [0.5, 0.6) is 17.2 Å². The summed E-state index contributed by atoms with van der Waals surface area (Å²) < 4.78 is 16.5. The van der Waals surface area contributed by atoms with E-state index in [1.807, 2.05) is 48.5 Å². The number of unbranched alkanes of at least 4 members (excludes halogenated alkanes) is 2. The number of carboxylic acid groups (broad SMARTS) is 1. The van der Waals surface area contributed by atoms with E-state index in [9.17, 15) is 9.90 Å². The molecule has 1 N–H and O–H groups in total. The maximum atomic E-state index is 13.0. The van der Waals surface area contributed by atoms with E-state index in [1.54, 1.807) is 13.3 Å². The molecule has 9 heteroatoms. The second-order valence-corrected chi connectivity index (χ2v) is 10.4. The van der Waals surface area contributed by atoms with Gasteiger partial charge in [0.25, 0.3) is 0 Å². The molecule has 0 spiro atoms. The van der Waals surface area contributed by atoms with Gasteiger partial charge in [-0.25, -0.2) is 4.98 Å². The van der Waals surface area contributed by atoms with Crippen LogP contribution >= 0.6 is 0 Å². The first-order chi connectivity index (χ1) is 19.5. The maximum Gasteiger partial charge on any atom is 0.309 e. The van der Waals surface area contributed by atoms with E-state index in [0.717, 1.165) is 61.5 Å². The summed E-state index contributed by atoms with van der Waals surface area (Å²) in [5.41, 5.74) is 1.80. The van der Waals surface area contributed by atoms with Gasteiger partial charge in [0.2, 0.25) is 12.7 Å². The number of carboxylic acids is 1. The fourth-order valence-electron chi connectivity index (χ4n) is 5.70. The van der Waals surface area contributed by atoms with E-state index in [0.29, 0.717) is 24.0 Å². The first-order valence-corrected chi connectivity index (χ1v) is 14.1. The molecule has 0 bridgehead atoms. The average molecular weight is 547 g/mol. The summed E-state index contributed by atoms with van der Waals surface area (Å²) in [4.78, 5) is 27.0. The third kappa shape index (κ3) is 5.64. The van der Waals surface area contributed by atoms with Gasteiger partial charge in [-0.2, -0.15) is 4.98 Å². The molecule has 0 unspecified atom stereocenters. The number of hydrogen-bond acceptors (Lipinski definition) is 8. The predicted octanol–water partition coefficient (Wildman–Crippen LogP) is 5.67. The van der Waals surface area contributed by atoms with Crippen molar-refractivity contribution in [2.45, 2.75) is 51.5 Å². The zero-order valence-corrected chi connectivity index (χ0v) is 23.5. The number of benzene rings is 2. The van der Waals surface area contributed by atoms with Crippen molar-refractivity contribution in [1.82, 2.24) is 9.97 Å². The van der Waals surface area contributed by atoms with Crippen molar-refractivity contribution in [1.29, 1.82) is 0 Å². The van der Waals surface area contributed by atoms with Gasteiger partial charge in [0.1, 0.15) is 11.6 Å². The lowest BCUT2D eigenvalue weighted by molar-refractivity contribution is -0.142. The van der Waals surface area contributed by atoms with Crippen LogP contribution in [-0.4, -0.2) is 54.6 Å². The first-order valence-electron chi connectivity index (χ1n) is 14.1. The van der Waals surface area contributed by atoms with Gasteiger partial charge >= 0.3 is 5.97 Å². The molecule has 212 valence electrons. The molecule has 1 fully saturated rings. The van der Waals surface area contributed by atoms with Crippen molar-refractivity contribution in [2.75, 3.05) is 43.3 Å². The molecule has 2 aliphatic rings. The minimum absolute atomic E-state index is 0.169. The molecule has 0 aliphatic carbocycles. The van der Waals surface area contributed by atoms with Gasteiger partial charge in [0, 0.05) is 31.7 Å². The van der Waals surface area contributed by atoms with E-state index in [4.69, 9.17) is 19.2 Å². The zero-order chi connectivity index (χ0) is 28.1. The molecular formula is C31H38N4O5. The number of nitrogens with zero attached hydrogens (tertiary/aromatic N) is 4. The van der Waals surface area contributed by atoms with E-state index < -0.39 is 17.9 Å². The van der Waals surface area contributed by atoms with Crippen LogP contribution in [0.1, 0.15) is 62.6 Å². The minimum Gasteiger partial charge on any atom is -0.497 e. The summed E-state index contributed by atoms with van der Waals surface area (Å²) in [6.45, 7) is 6.79. The number of carbonyl (C=O) groups is 1. The summed E-state index contributed by atoms with van der Waals surface area (Å²) >= 11 is 0. The smallest absolute Gasteiger partial charge is 0.309 e. The van der Waals surface area contributed by atoms with E-state index in [2.05, 4.69) is 28.6 Å². The molecule has 3 atom stereocenters. The standard InChI is InChI=1S/C31H38N4O5/c1-4-6-16-34(17-7-5-2)31-32-15-14-27(33-31)35-19-24(22-10-13-25-26(18-22)40-20-39-25)28(30(36)37)29(35)21-8-11-23(38-3)12-9-21/h8-15,18,24,28-29H,4-7,16-17,19-20H2,1-3H3,(H,36,37)/t24-,28+,29-/m1/s1. The molecule has 1 saturated heterocycles. The van der Waals surface area contributed by atoms with Gasteiger partial charge in [0.15, 0.2) is 11.5 Å². The summed E-state index contributed by atoms with van der Waals surface area (Å²) in [7, 11) is 1.62. The Hall–Kier alpha value is -4.01. The molecule has 5 rings (SSSR count). The van der Waals surface area contributed by atoms with Crippen molar-refractivity contribution in [3.63, 3.8) is 0 Å². The molecule has 0 radical (unpaired) electrons. The number of rotatable bonds is 12. The Morgan fingerprint density at radius 1 is 1.02 bits per heavy atom. The minimum atomic E-state index is -0.854. The third-order valence-corrected chi connectivity index (χ3v) is 7.84. The SMILES string of the molecule is CCCCN(CCCC)c1nccc(N2C[C@H](c3ccc4c(c3)OCO4)[C@H](C(=O)O)[C@H]2c2ccc(OC)cc2)n1. The number of aliphatic carboxylic acids is 1. The van der Waals surface area contributed by atoms with Crippen LogP contribution in [0.3, 0.4) is 0 Å². The zero-order valence-electron chi connectivity index (χ0n) is 23.5. The molecule has 9 nitrogen and oxygen atoms in total. The van der Waals surface area contributed by atoms with Gasteiger partial charge in [-0.3, -0.25) is 4.79 Å². The Morgan fingerprint density at radius 2 is 1.73 bits per heavy atom. The van der Waals surface area contributed by atoms with Gasteiger partial charge < -0.3 is 29.1 Å². The summed E-state index contributed by atoms with van der Waals surface area (Å²) in [5, 5.41) is 10.6. The number of aromatic nitrogens is 2. The second kappa shape index (κ2) is 12.4. The molecule has 0 saturated carbocycles. The molecule has 3 aromatic rings. The van der Waals surface area contributed by atoms with Crippen LogP contribution in [0.2, 0.25) is 0 Å². The first kappa shape index (κ1) is 27.6. The lowest BCUT2D eigenvalue weighted by atomic mass is 9.82. The van der Waals surface area contributed by atoms with Gasteiger partial charge in [-0.1, -0.05) is 44.9 Å². The highest BCUT2D eigenvalue weighted by molar-refractivity contribution is 5.76. The molecule has 2 aliphatic heterocycles. The van der Waals surface area contributed by atoms with Crippen molar-refractivity contribution in [3.8, 4) is 17.2 Å². The van der Waals surface area contributed by atoms with Crippen LogP contribution in [-0.2, 0) is 4.79 Å². The summed E-state index contributed by atoms with van der Waals surface area (Å²) in [6, 6.07) is 14.8. The lowest BCUT2D eigenvalue weighted by Crippen LogP contribution is -2.31. The van der Waals surface area contributed by atoms with E-state index in [-0.39, 0.29) is 12.7 Å². The number of hydrogen-bond donors (Lipinski definition) is 1. The van der Waals surface area contributed by atoms with Crippen LogP contribution < -0.4 is 24.0 Å². The second-order valence-electron chi connectivity index (χ2n) is 10.4. The number of methoxy groups -OCH3 is 1. The summed E-state index contributed by atoms with van der Waals surface area (Å²) in [5.74, 6) is 1.58. The Bertz CT molecular complexity index is 1290. The van der Waals surface area contributed by atoms with E-state index in [1.165, 1.54) is 0 Å². The quantitative estimate of drug-likeness (QED) is 0.308. The number of anilines is 2. The van der Waals surface area contributed by atoms with Crippen LogP contribution in [0.4, 0.5) is 11.8 Å². The van der Waals surface area contributed by atoms with Crippen LogP contribution in [0, 0.1) is 5.92 Å². The monoisotopic (exact) mass is 546 g/mol. The van der Waals surface area contributed by atoms with Crippen LogP contribution in [0.25, 0.3) is 0 Å². The van der Waals surface area contributed by atoms with Gasteiger partial charge in [-0.15, -0.1) is 0 Å². The topological polar surface area (TPSA) is 97.3 Å². The Morgan fingerprint density at radius 3 is 2.40 bits per heavy atom. The fraction of sp³-hybridized carbons (Fsp3) is 0.452. The van der Waals surface area contributed by atoms with Gasteiger partial charge in [0.05, 0.1) is 19.1 Å². The average Bonchev–Trinajstić information content (AvgIpc) is 3.62. The number of ether oxygens (including phenoxy) is 3. The molecule has 40 heavy (non-hydrogen) atoms. The van der Waals surface area contributed by atoms with Crippen molar-refractivity contribution < 1.29 is 24.1 Å². The van der Waals surface area contributed by atoms with Crippen LogP contribution in [0.15, 0.2) is 54.7 Å². The normalized spacial score (nSPS) is 19.6. The third-order valence-electron chi connectivity index (χ3n) is 7.84. The molecule has 0 amide bonds. The maximum absolute atomic E-state index is 13.0. The Labute approximate surface area is 235 Å². The highest BCUT2D eigenvalue weighted by Crippen LogP contribution is 2.49. The predicted molar refractivity (Wildman–Crippen MR) is 154 cm³/mol. The lowest BCUT2D eigenvalue weighted by Gasteiger charge is -2.29. The molecule has 1 aromatic heterocycles. The summed E-state index contributed by atoms with van der Waals surface area (Å²) in [6.07, 6.45) is 6.08. The van der Waals surface area contributed by atoms with E-state index >= 15 is 0 Å². The van der Waals surface area contributed by atoms with Crippen molar-refractivity contribution >= 4 is 17.7 Å². The Kier molecular flexibility index (Phi) is 8.57. The Balaban J connectivity index is 1.56. The fourth-order valence-corrected chi connectivity index (χ4v) is 5.70. The largest absolute Gasteiger partial charge is 0.497 e. The number of fused-ring (bicyclic) bond motifs is 1. The highest BCUT2D eigenvalue weighted by atomic mass is 16.7.